The molecule has 5 nitrogen and oxygen atoms in total. The third-order valence-electron chi connectivity index (χ3n) is 5.11. The van der Waals surface area contributed by atoms with Gasteiger partial charge in [0.1, 0.15) is 13.0 Å². The Morgan fingerprint density at radius 1 is 0.694 bits per heavy atom. The number of carbonyl (C=O) groups excluding carboxylic acids is 1. The number of carbonyl (C=O) groups is 1. The normalized spacial score (nSPS) is 11.9. The van der Waals surface area contributed by atoms with Gasteiger partial charge < -0.3 is 0 Å². The Balaban J connectivity index is 2.08. The first-order valence-corrected chi connectivity index (χ1v) is 12.4. The molecule has 0 fully saturated rings. The van der Waals surface area contributed by atoms with Crippen molar-refractivity contribution in [3.8, 4) is 0 Å². The van der Waals surface area contributed by atoms with E-state index in [0.717, 1.165) is 0 Å². The van der Waals surface area contributed by atoms with Crippen molar-refractivity contribution in [1.29, 1.82) is 0 Å². The molecule has 0 saturated heterocycles. The van der Waals surface area contributed by atoms with E-state index in [-0.39, 0.29) is 11.4 Å². The maximum atomic E-state index is 14.1. The summed E-state index contributed by atoms with van der Waals surface area (Å²) in [5, 5.41) is 8.62. The molecule has 0 atom stereocenters. The first kappa shape index (κ1) is 25.0. The summed E-state index contributed by atoms with van der Waals surface area (Å²) in [5.74, 6) is -2.57. The summed E-state index contributed by atoms with van der Waals surface area (Å²) in [7, 11) is -3.78. The molecule has 0 unspecified atom stereocenters. The van der Waals surface area contributed by atoms with Crippen molar-refractivity contribution in [2.45, 2.75) is 6.18 Å². The SMILES string of the molecule is O=C(N(c1ccccc1)P(=NN=Nc1ccc(F)cc1)(c1ccccc1)c1ccccc1)C(F)(F)F. The van der Waals surface area contributed by atoms with E-state index >= 15 is 0 Å². The van der Waals surface area contributed by atoms with Crippen LogP contribution in [0.25, 0.3) is 0 Å². The van der Waals surface area contributed by atoms with E-state index in [2.05, 4.69) is 15.2 Å². The van der Waals surface area contributed by atoms with Gasteiger partial charge in [0, 0.05) is 16.3 Å². The summed E-state index contributed by atoms with van der Waals surface area (Å²) >= 11 is 0. The van der Waals surface area contributed by atoms with Gasteiger partial charge in [-0.25, -0.2) is 4.39 Å². The molecule has 10 heteroatoms. The lowest BCUT2D eigenvalue weighted by Gasteiger charge is -2.36. The average molecular weight is 510 g/mol. The monoisotopic (exact) mass is 510 g/mol. The Kier molecular flexibility index (Phi) is 7.41. The van der Waals surface area contributed by atoms with Gasteiger partial charge in [-0.2, -0.15) is 13.2 Å². The van der Waals surface area contributed by atoms with Gasteiger partial charge in [0.2, 0.25) is 0 Å². The minimum Gasteiger partial charge on any atom is -0.264 e. The predicted octanol–water partition coefficient (Wildman–Crippen LogP) is 7.19. The van der Waals surface area contributed by atoms with E-state index in [1.165, 1.54) is 48.5 Å². The number of hydrogen-bond donors (Lipinski definition) is 0. The Bertz CT molecular complexity index is 1350. The molecule has 0 heterocycles. The van der Waals surface area contributed by atoms with Crippen molar-refractivity contribution in [2.75, 3.05) is 4.67 Å². The summed E-state index contributed by atoms with van der Waals surface area (Å²) in [6.45, 7) is 0. The van der Waals surface area contributed by atoms with Gasteiger partial charge >= 0.3 is 12.1 Å². The molecule has 4 aromatic carbocycles. The van der Waals surface area contributed by atoms with Crippen molar-refractivity contribution in [3.05, 3.63) is 121 Å². The van der Waals surface area contributed by atoms with Crippen LogP contribution in [-0.2, 0) is 4.79 Å². The first-order valence-electron chi connectivity index (χ1n) is 10.7. The highest BCUT2D eigenvalue weighted by molar-refractivity contribution is 7.83. The van der Waals surface area contributed by atoms with Crippen LogP contribution in [0.15, 0.2) is 130 Å². The smallest absolute Gasteiger partial charge is 0.264 e. The molecule has 4 rings (SSSR count). The largest absolute Gasteiger partial charge is 0.472 e. The molecule has 0 radical (unpaired) electrons. The summed E-state index contributed by atoms with van der Waals surface area (Å²) in [6.07, 6.45) is -5.20. The van der Waals surface area contributed by atoms with Crippen LogP contribution < -0.4 is 15.3 Å². The van der Waals surface area contributed by atoms with Gasteiger partial charge in [-0.05, 0) is 41.6 Å². The summed E-state index contributed by atoms with van der Waals surface area (Å²) < 4.78 is 56.2. The Morgan fingerprint density at radius 3 is 1.64 bits per heavy atom. The van der Waals surface area contributed by atoms with Gasteiger partial charge in [0.25, 0.3) is 0 Å². The molecule has 0 aromatic heterocycles. The molecule has 36 heavy (non-hydrogen) atoms. The van der Waals surface area contributed by atoms with Crippen LogP contribution in [0.2, 0.25) is 0 Å². The van der Waals surface area contributed by atoms with Gasteiger partial charge in [-0.1, -0.05) is 78.9 Å². The fourth-order valence-corrected chi connectivity index (χ4v) is 6.76. The van der Waals surface area contributed by atoms with Crippen LogP contribution in [0.5, 0.6) is 0 Å². The minimum absolute atomic E-state index is 0.00148. The quantitative estimate of drug-likeness (QED) is 0.117. The Labute approximate surface area is 204 Å². The van der Waals surface area contributed by atoms with Crippen LogP contribution in [0, 0.1) is 5.82 Å². The van der Waals surface area contributed by atoms with Crippen molar-refractivity contribution in [1.82, 2.24) is 0 Å². The molecule has 0 spiro atoms. The molecule has 0 aliphatic carbocycles. The minimum atomic E-state index is -5.20. The third kappa shape index (κ3) is 5.26. The van der Waals surface area contributed by atoms with Crippen LogP contribution in [0.1, 0.15) is 0 Å². The van der Waals surface area contributed by atoms with Crippen LogP contribution in [0.4, 0.5) is 28.9 Å². The van der Waals surface area contributed by atoms with E-state index < -0.39 is 25.1 Å². The van der Waals surface area contributed by atoms with E-state index in [4.69, 9.17) is 0 Å². The number of alkyl halides is 3. The number of benzene rings is 4. The van der Waals surface area contributed by atoms with Gasteiger partial charge in [-0.3, -0.25) is 9.46 Å². The van der Waals surface area contributed by atoms with E-state index in [9.17, 15) is 22.4 Å². The Hall–Kier alpha value is -4.10. The maximum absolute atomic E-state index is 14.1. The lowest BCUT2D eigenvalue weighted by atomic mass is 10.3. The van der Waals surface area contributed by atoms with Crippen molar-refractivity contribution >= 4 is 35.1 Å². The zero-order valence-electron chi connectivity index (χ0n) is 18.6. The maximum Gasteiger partial charge on any atom is 0.472 e. The molecule has 182 valence electrons. The standard InChI is InChI=1S/C26H19F4N4OP/c27-20-16-18-21(19-17-20)31-32-33-36(23-12-6-2-7-13-23,24-14-8-3-9-15-24)34(25(35)26(28,29)30)22-10-4-1-5-11-22/h1-19H. The van der Waals surface area contributed by atoms with E-state index in [0.29, 0.717) is 15.3 Å². The average Bonchev–Trinajstić information content (AvgIpc) is 2.90. The van der Waals surface area contributed by atoms with Crippen molar-refractivity contribution in [3.63, 3.8) is 0 Å². The molecule has 0 aliphatic heterocycles. The van der Waals surface area contributed by atoms with Crippen LogP contribution in [-0.4, -0.2) is 12.1 Å². The Morgan fingerprint density at radius 2 is 1.17 bits per heavy atom. The second-order valence-electron chi connectivity index (χ2n) is 7.48. The lowest BCUT2D eigenvalue weighted by molar-refractivity contribution is -0.169. The fraction of sp³-hybridized carbons (Fsp3) is 0.0385. The molecule has 0 saturated carbocycles. The number of halogens is 4. The highest BCUT2D eigenvalue weighted by Gasteiger charge is 2.49. The second-order valence-corrected chi connectivity index (χ2v) is 10.3. The molecule has 1 amide bonds. The summed E-state index contributed by atoms with van der Waals surface area (Å²) in [4.78, 5) is 17.5. The van der Waals surface area contributed by atoms with Crippen LogP contribution in [0.3, 0.4) is 0 Å². The lowest BCUT2D eigenvalue weighted by Crippen LogP contribution is -2.44. The third-order valence-corrected chi connectivity index (χ3v) is 8.48. The molecular formula is C26H19F4N4OP. The zero-order valence-corrected chi connectivity index (χ0v) is 19.5. The van der Waals surface area contributed by atoms with Gasteiger partial charge in [0.15, 0.2) is 0 Å². The number of amides is 1. The highest BCUT2D eigenvalue weighted by atomic mass is 31.2. The number of nitrogens with zero attached hydrogens (tertiary/aromatic N) is 4. The van der Waals surface area contributed by atoms with Gasteiger partial charge in [0.05, 0.1) is 5.69 Å². The second kappa shape index (κ2) is 10.7. The summed E-state index contributed by atoms with van der Waals surface area (Å²) in [5.41, 5.74) is 0.245. The number of para-hydroxylation sites is 1. The highest BCUT2D eigenvalue weighted by Crippen LogP contribution is 2.55. The molecule has 0 aliphatic rings. The zero-order chi connectivity index (χ0) is 25.6. The number of anilines is 1. The molecular weight excluding hydrogens is 491 g/mol. The molecule has 4 aromatic rings. The number of rotatable bonds is 6. The predicted molar refractivity (Wildman–Crippen MR) is 132 cm³/mol. The van der Waals surface area contributed by atoms with Crippen LogP contribution >= 0.6 is 7.21 Å². The molecule has 0 bridgehead atoms. The molecule has 0 N–H and O–H groups in total. The van der Waals surface area contributed by atoms with E-state index in [1.54, 1.807) is 66.7 Å². The summed E-state index contributed by atoms with van der Waals surface area (Å²) in [6, 6.07) is 29.1. The number of hydrogen-bond acceptors (Lipinski definition) is 2. The van der Waals surface area contributed by atoms with Gasteiger partial charge in [-0.15, -0.1) is 9.97 Å². The van der Waals surface area contributed by atoms with E-state index in [1.807, 2.05) is 0 Å². The first-order chi connectivity index (χ1) is 17.3. The topological polar surface area (TPSA) is 57.4 Å². The fourth-order valence-electron chi connectivity index (χ4n) is 3.54. The van der Waals surface area contributed by atoms with Crippen molar-refractivity contribution < 1.29 is 22.4 Å². The van der Waals surface area contributed by atoms with Crippen molar-refractivity contribution in [2.24, 2.45) is 15.2 Å².